The van der Waals surface area contributed by atoms with Crippen LogP contribution >= 0.6 is 12.0 Å². The number of unbranched alkanes of at least 4 members (excludes halogenated alkanes) is 4. The Morgan fingerprint density at radius 2 is 1.42 bits per heavy atom. The molecule has 0 bridgehead atoms. The molecule has 9 heteroatoms. The molecule has 0 spiro atoms. The van der Waals surface area contributed by atoms with Crippen molar-refractivity contribution in [3.63, 3.8) is 0 Å². The van der Waals surface area contributed by atoms with E-state index < -0.39 is 14.9 Å². The first-order valence-corrected chi connectivity index (χ1v) is 11.4. The fourth-order valence-corrected chi connectivity index (χ4v) is 3.48. The Kier molecular flexibility index (Phi) is 12.6. The monoisotopic (exact) mass is 416 g/mol. The molecule has 3 N–H and O–H groups in total. The van der Waals surface area contributed by atoms with Gasteiger partial charge < -0.3 is 5.11 Å². The summed E-state index contributed by atoms with van der Waals surface area (Å²) in [5.41, 5.74) is 0. The molecule has 0 saturated heterocycles. The Balaban J connectivity index is 3.68. The molecule has 0 rings (SSSR count). The van der Waals surface area contributed by atoms with Crippen LogP contribution in [0.4, 0.5) is 0 Å². The molecule has 0 aliphatic heterocycles. The highest BCUT2D eigenvalue weighted by molar-refractivity contribution is 7.95. The molecule has 158 valence electrons. The van der Waals surface area contributed by atoms with Crippen molar-refractivity contribution in [1.82, 2.24) is 0 Å². The Morgan fingerprint density at radius 1 is 0.923 bits per heavy atom. The van der Waals surface area contributed by atoms with Crippen molar-refractivity contribution in [2.75, 3.05) is 0 Å². The van der Waals surface area contributed by atoms with E-state index in [2.05, 4.69) is 9.37 Å². The van der Waals surface area contributed by atoms with Crippen LogP contribution in [-0.2, 0) is 19.5 Å². The zero-order valence-electron chi connectivity index (χ0n) is 16.4. The van der Waals surface area contributed by atoms with Crippen LogP contribution in [0.2, 0.25) is 0 Å². The van der Waals surface area contributed by atoms with E-state index in [1.54, 1.807) is 0 Å². The summed E-state index contributed by atoms with van der Waals surface area (Å²) in [6.45, 7) is 7.07. The van der Waals surface area contributed by atoms with Crippen LogP contribution in [0.3, 0.4) is 0 Å². The van der Waals surface area contributed by atoms with Gasteiger partial charge in [0.1, 0.15) is 0 Å². The van der Waals surface area contributed by atoms with E-state index >= 15 is 0 Å². The van der Waals surface area contributed by atoms with Crippen LogP contribution in [-0.4, -0.2) is 38.9 Å². The molecule has 1 unspecified atom stereocenters. The summed E-state index contributed by atoms with van der Waals surface area (Å²) < 4.78 is 34.8. The van der Waals surface area contributed by atoms with Crippen LogP contribution in [0.25, 0.3) is 0 Å². The maximum atomic E-state index is 11.2. The summed E-state index contributed by atoms with van der Waals surface area (Å²) in [7, 11) is -4.02. The lowest BCUT2D eigenvalue weighted by Gasteiger charge is -2.21. The third-order valence-electron chi connectivity index (χ3n) is 4.62. The number of aliphatic hydroxyl groups excluding tert-OH is 1. The van der Waals surface area contributed by atoms with Gasteiger partial charge in [-0.25, -0.2) is 5.26 Å². The second-order valence-electron chi connectivity index (χ2n) is 8.07. The van der Waals surface area contributed by atoms with Gasteiger partial charge in [0.2, 0.25) is 0 Å². The van der Waals surface area contributed by atoms with Crippen molar-refractivity contribution in [2.45, 2.75) is 108 Å². The average molecular weight is 417 g/mol. The number of aliphatic hydroxyl groups is 1. The minimum atomic E-state index is -4.02. The molecule has 1 atom stereocenters. The molecule has 7 nitrogen and oxygen atoms in total. The molecule has 0 aromatic rings. The molecule has 0 aromatic carbocycles. The van der Waals surface area contributed by atoms with Crippen LogP contribution in [0.5, 0.6) is 0 Å². The van der Waals surface area contributed by atoms with Gasteiger partial charge >= 0.3 is 0 Å². The summed E-state index contributed by atoms with van der Waals surface area (Å²) in [6.07, 6.45) is 7.88. The topological polar surface area (TPSA) is 113 Å². The fourth-order valence-electron chi connectivity index (χ4n) is 2.64. The van der Waals surface area contributed by atoms with Crippen molar-refractivity contribution in [3.05, 3.63) is 0 Å². The Hall–Kier alpha value is 0.1000. The highest BCUT2D eigenvalue weighted by Crippen LogP contribution is 2.31. The van der Waals surface area contributed by atoms with E-state index in [0.717, 1.165) is 63.4 Å². The Labute approximate surface area is 162 Å². The van der Waals surface area contributed by atoms with E-state index in [4.69, 9.17) is 9.81 Å². The lowest BCUT2D eigenvalue weighted by Crippen LogP contribution is -2.31. The summed E-state index contributed by atoms with van der Waals surface area (Å²) in [5, 5.41) is 21.8. The smallest absolute Gasteiger partial charge is 0.270 e. The summed E-state index contributed by atoms with van der Waals surface area (Å²) >= 11 is 1.09. The summed E-state index contributed by atoms with van der Waals surface area (Å²) in [4.78, 5) is 0. The van der Waals surface area contributed by atoms with E-state index in [-0.39, 0.29) is 10.9 Å². The first-order chi connectivity index (χ1) is 11.9. The van der Waals surface area contributed by atoms with E-state index in [1.165, 1.54) is 13.8 Å². The zero-order chi connectivity index (χ0) is 20.3. The quantitative estimate of drug-likeness (QED) is 0.108. The summed E-state index contributed by atoms with van der Waals surface area (Å²) in [5.74, 6) is 0. The third kappa shape index (κ3) is 12.5. The van der Waals surface area contributed by atoms with Gasteiger partial charge in [0.05, 0.1) is 10.9 Å². The zero-order valence-corrected chi connectivity index (χ0v) is 18.1. The molecule has 0 aromatic heterocycles. The molecular weight excluding hydrogens is 380 g/mol. The standard InChI is InChI=1S/C17H36O7S2/c1-16(2,25-24-23-19)13-9-5-7-11-15(18)12-8-6-10-14-17(3,4)26(20,21)22/h15,18-19H,5-14H2,1-4H3,(H,20,21,22). The van der Waals surface area contributed by atoms with Gasteiger partial charge in [-0.3, -0.25) is 4.55 Å². The maximum Gasteiger partial charge on any atom is 0.270 e. The van der Waals surface area contributed by atoms with Crippen LogP contribution in [0.1, 0.15) is 91.9 Å². The first-order valence-electron chi connectivity index (χ1n) is 9.22. The van der Waals surface area contributed by atoms with Gasteiger partial charge in [0, 0.05) is 16.8 Å². The molecule has 0 saturated carbocycles. The lowest BCUT2D eigenvalue weighted by atomic mass is 9.99. The second kappa shape index (κ2) is 12.5. The SMILES string of the molecule is CC(C)(CCCCCC(O)CCCCCC(C)(C)S(=O)(=O)O)SOOO. The fraction of sp³-hybridized carbons (Fsp3) is 1.00. The second-order valence-corrected chi connectivity index (χ2v) is 11.5. The Morgan fingerprint density at radius 3 is 1.88 bits per heavy atom. The van der Waals surface area contributed by atoms with Gasteiger partial charge in [-0.15, -0.1) is 4.33 Å². The van der Waals surface area contributed by atoms with Crippen molar-refractivity contribution in [1.29, 1.82) is 0 Å². The number of rotatable bonds is 16. The molecule has 0 radical (unpaired) electrons. The van der Waals surface area contributed by atoms with Gasteiger partial charge in [0.15, 0.2) is 0 Å². The molecule has 26 heavy (non-hydrogen) atoms. The molecule has 0 fully saturated rings. The van der Waals surface area contributed by atoms with Gasteiger partial charge in [-0.1, -0.05) is 43.6 Å². The van der Waals surface area contributed by atoms with Gasteiger partial charge in [-0.05, 0) is 53.4 Å². The van der Waals surface area contributed by atoms with Crippen LogP contribution in [0.15, 0.2) is 0 Å². The highest BCUT2D eigenvalue weighted by Gasteiger charge is 2.31. The first kappa shape index (κ1) is 26.1. The summed E-state index contributed by atoms with van der Waals surface area (Å²) in [6, 6.07) is 0. The average Bonchev–Trinajstić information content (AvgIpc) is 2.51. The number of hydrogen-bond acceptors (Lipinski definition) is 7. The van der Waals surface area contributed by atoms with Crippen LogP contribution < -0.4 is 0 Å². The molecule has 0 aliphatic rings. The molecule has 0 amide bonds. The van der Waals surface area contributed by atoms with Crippen molar-refractivity contribution in [3.8, 4) is 0 Å². The third-order valence-corrected chi connectivity index (χ3v) is 7.01. The molecule has 0 aliphatic carbocycles. The molecular formula is C17H36O7S2. The van der Waals surface area contributed by atoms with E-state index in [0.29, 0.717) is 12.8 Å². The van der Waals surface area contributed by atoms with Crippen LogP contribution in [0, 0.1) is 0 Å². The minimum Gasteiger partial charge on any atom is -0.393 e. The van der Waals surface area contributed by atoms with Crippen molar-refractivity contribution < 1.29 is 32.7 Å². The van der Waals surface area contributed by atoms with E-state index in [1.807, 2.05) is 13.8 Å². The highest BCUT2D eigenvalue weighted by atomic mass is 32.2. The van der Waals surface area contributed by atoms with Crippen molar-refractivity contribution >= 4 is 22.2 Å². The normalized spacial score (nSPS) is 14.6. The van der Waals surface area contributed by atoms with Gasteiger partial charge in [0.25, 0.3) is 10.1 Å². The largest absolute Gasteiger partial charge is 0.393 e. The Bertz CT molecular complexity index is 464. The number of hydrogen-bond donors (Lipinski definition) is 3. The van der Waals surface area contributed by atoms with Crippen molar-refractivity contribution in [2.24, 2.45) is 0 Å². The predicted octanol–water partition coefficient (Wildman–Crippen LogP) is 4.76. The molecule has 0 heterocycles. The predicted molar refractivity (Wildman–Crippen MR) is 104 cm³/mol. The maximum absolute atomic E-state index is 11.2. The minimum absolute atomic E-state index is 0.142. The van der Waals surface area contributed by atoms with Gasteiger partial charge in [-0.2, -0.15) is 8.42 Å². The lowest BCUT2D eigenvalue weighted by molar-refractivity contribution is -0.432. The van der Waals surface area contributed by atoms with E-state index in [9.17, 15) is 13.5 Å².